The van der Waals surface area contributed by atoms with Crippen LogP contribution in [0.5, 0.6) is 0 Å². The molecule has 0 heterocycles. The molecule has 0 aromatic heterocycles. The highest BCUT2D eigenvalue weighted by Gasteiger charge is 2.31. The Labute approximate surface area is 130 Å². The van der Waals surface area contributed by atoms with Crippen molar-refractivity contribution in [2.75, 3.05) is 13.2 Å². The van der Waals surface area contributed by atoms with Crippen LogP contribution in [0.15, 0.2) is 46.9 Å². The highest BCUT2D eigenvalue weighted by atomic mass is 79.9. The van der Waals surface area contributed by atoms with Crippen LogP contribution in [0.2, 0.25) is 0 Å². The average molecular weight is 357 g/mol. The van der Waals surface area contributed by atoms with Crippen molar-refractivity contribution in [3.8, 4) is 0 Å². The molecule has 0 saturated heterocycles. The van der Waals surface area contributed by atoms with Crippen molar-refractivity contribution in [2.24, 2.45) is 0 Å². The van der Waals surface area contributed by atoms with Gasteiger partial charge in [0, 0.05) is 9.89 Å². The summed E-state index contributed by atoms with van der Waals surface area (Å²) < 4.78 is 27.1. The fraction of sp³-hybridized carbons (Fsp3) is 0.250. The molecule has 2 aromatic rings. The molecular weight excluding hydrogens is 342 g/mol. The van der Waals surface area contributed by atoms with Crippen LogP contribution in [0.25, 0.3) is 0 Å². The van der Waals surface area contributed by atoms with E-state index >= 15 is 0 Å². The number of aliphatic hydroxyl groups excluding tert-OH is 2. The van der Waals surface area contributed by atoms with Gasteiger partial charge in [0.2, 0.25) is 0 Å². The molecule has 0 bridgehead atoms. The monoisotopic (exact) mass is 356 g/mol. The Kier molecular flexibility index (Phi) is 5.08. The number of benzene rings is 2. The third kappa shape index (κ3) is 3.67. The topological polar surface area (TPSA) is 40.5 Å². The van der Waals surface area contributed by atoms with Gasteiger partial charge in [0.25, 0.3) is 0 Å². The summed E-state index contributed by atoms with van der Waals surface area (Å²) in [5.74, 6) is -0.791. The standard InChI is InChI=1S/C16H15BrF2O2/c17-13-5-11(6-15(19)7-13)8-16(9-20,10-21)12-1-3-14(18)4-2-12/h1-7,20-21H,8-10H2. The van der Waals surface area contributed by atoms with Crippen molar-refractivity contribution in [1.29, 1.82) is 0 Å². The van der Waals surface area contributed by atoms with Crippen LogP contribution in [0.4, 0.5) is 8.78 Å². The van der Waals surface area contributed by atoms with Crippen molar-refractivity contribution in [3.05, 3.63) is 69.7 Å². The molecule has 0 atom stereocenters. The molecule has 2 aromatic carbocycles. The number of aliphatic hydroxyl groups is 2. The van der Waals surface area contributed by atoms with Gasteiger partial charge in [-0.2, -0.15) is 0 Å². The fourth-order valence-electron chi connectivity index (χ4n) is 2.35. The molecule has 112 valence electrons. The fourth-order valence-corrected chi connectivity index (χ4v) is 2.87. The van der Waals surface area contributed by atoms with E-state index in [1.165, 1.54) is 36.4 Å². The summed E-state index contributed by atoms with van der Waals surface area (Å²) in [6.45, 7) is -0.660. The molecule has 2 N–H and O–H groups in total. The van der Waals surface area contributed by atoms with E-state index in [2.05, 4.69) is 15.9 Å². The van der Waals surface area contributed by atoms with Crippen LogP contribution in [-0.2, 0) is 11.8 Å². The van der Waals surface area contributed by atoms with Gasteiger partial charge in [0.15, 0.2) is 0 Å². The van der Waals surface area contributed by atoms with Crippen molar-refractivity contribution < 1.29 is 19.0 Å². The Bertz CT molecular complexity index is 590. The second-order valence-corrected chi connectivity index (χ2v) is 5.97. The molecule has 0 aliphatic rings. The second-order valence-electron chi connectivity index (χ2n) is 5.06. The Balaban J connectivity index is 2.40. The molecular formula is C16H15BrF2O2. The summed E-state index contributed by atoms with van der Waals surface area (Å²) in [6.07, 6.45) is 0.238. The lowest BCUT2D eigenvalue weighted by Gasteiger charge is -2.30. The maximum atomic E-state index is 13.5. The van der Waals surface area contributed by atoms with Crippen molar-refractivity contribution in [2.45, 2.75) is 11.8 Å². The smallest absolute Gasteiger partial charge is 0.124 e. The quantitative estimate of drug-likeness (QED) is 0.863. The molecule has 0 amide bonds. The largest absolute Gasteiger partial charge is 0.395 e. The highest BCUT2D eigenvalue weighted by molar-refractivity contribution is 9.10. The molecule has 0 aliphatic heterocycles. The Hall–Kier alpha value is -1.30. The van der Waals surface area contributed by atoms with Gasteiger partial charge in [-0.1, -0.05) is 28.1 Å². The lowest BCUT2D eigenvalue weighted by molar-refractivity contribution is 0.116. The zero-order valence-corrected chi connectivity index (χ0v) is 12.8. The van der Waals surface area contributed by atoms with Gasteiger partial charge in [-0.25, -0.2) is 8.78 Å². The third-order valence-corrected chi connectivity index (χ3v) is 3.98. The molecule has 5 heteroatoms. The Morgan fingerprint density at radius 1 is 0.905 bits per heavy atom. The molecule has 0 saturated carbocycles. The first-order valence-electron chi connectivity index (χ1n) is 6.42. The second kappa shape index (κ2) is 6.64. The van der Waals surface area contributed by atoms with Gasteiger partial charge in [0.1, 0.15) is 11.6 Å². The van der Waals surface area contributed by atoms with Gasteiger partial charge in [-0.05, 0) is 47.9 Å². The average Bonchev–Trinajstić information content (AvgIpc) is 2.45. The first kappa shape index (κ1) is 16.1. The maximum absolute atomic E-state index is 13.5. The Morgan fingerprint density at radius 3 is 2.05 bits per heavy atom. The first-order chi connectivity index (χ1) is 9.99. The van der Waals surface area contributed by atoms with Crippen molar-refractivity contribution >= 4 is 15.9 Å². The van der Waals surface area contributed by atoms with E-state index in [1.54, 1.807) is 6.07 Å². The molecule has 0 spiro atoms. The van der Waals surface area contributed by atoms with Gasteiger partial charge in [-0.3, -0.25) is 0 Å². The first-order valence-corrected chi connectivity index (χ1v) is 7.21. The molecule has 0 fully saturated rings. The summed E-state index contributed by atoms with van der Waals surface area (Å²) >= 11 is 3.22. The van der Waals surface area contributed by atoms with Crippen molar-refractivity contribution in [1.82, 2.24) is 0 Å². The predicted octanol–water partition coefficient (Wildman–Crippen LogP) is 3.19. The number of hydrogen-bond acceptors (Lipinski definition) is 2. The highest BCUT2D eigenvalue weighted by Crippen LogP contribution is 2.29. The minimum Gasteiger partial charge on any atom is -0.395 e. The van der Waals surface area contributed by atoms with Crippen LogP contribution < -0.4 is 0 Å². The van der Waals surface area contributed by atoms with Crippen molar-refractivity contribution in [3.63, 3.8) is 0 Å². The summed E-state index contributed by atoms with van der Waals surface area (Å²) in [6, 6.07) is 10.0. The SMILES string of the molecule is OCC(CO)(Cc1cc(F)cc(Br)c1)c1ccc(F)cc1. The summed E-state index contributed by atoms with van der Waals surface area (Å²) in [4.78, 5) is 0. The van der Waals surface area contributed by atoms with E-state index < -0.39 is 17.0 Å². The summed E-state index contributed by atoms with van der Waals surface area (Å²) in [7, 11) is 0. The molecule has 2 rings (SSSR count). The van der Waals surface area contributed by atoms with E-state index in [0.717, 1.165) is 0 Å². The lowest BCUT2D eigenvalue weighted by atomic mass is 9.77. The van der Waals surface area contributed by atoms with Crippen LogP contribution in [0, 0.1) is 11.6 Å². The van der Waals surface area contributed by atoms with Gasteiger partial charge in [0.05, 0.1) is 13.2 Å². The zero-order chi connectivity index (χ0) is 15.5. The lowest BCUT2D eigenvalue weighted by Crippen LogP contribution is -2.37. The predicted molar refractivity (Wildman–Crippen MR) is 80.1 cm³/mol. The van der Waals surface area contributed by atoms with Gasteiger partial charge >= 0.3 is 0 Å². The van der Waals surface area contributed by atoms with E-state index in [1.807, 2.05) is 0 Å². The molecule has 0 radical (unpaired) electrons. The molecule has 0 unspecified atom stereocenters. The summed E-state index contributed by atoms with van der Waals surface area (Å²) in [5, 5.41) is 19.5. The molecule has 21 heavy (non-hydrogen) atoms. The molecule has 0 aliphatic carbocycles. The van der Waals surface area contributed by atoms with Gasteiger partial charge < -0.3 is 10.2 Å². The van der Waals surface area contributed by atoms with Crippen LogP contribution in [-0.4, -0.2) is 23.4 Å². The normalized spacial score (nSPS) is 11.7. The number of hydrogen-bond donors (Lipinski definition) is 2. The van der Waals surface area contributed by atoms with E-state index in [-0.39, 0.29) is 19.6 Å². The number of rotatable bonds is 5. The Morgan fingerprint density at radius 2 is 1.52 bits per heavy atom. The maximum Gasteiger partial charge on any atom is 0.124 e. The zero-order valence-electron chi connectivity index (χ0n) is 11.2. The van der Waals surface area contributed by atoms with E-state index in [0.29, 0.717) is 15.6 Å². The van der Waals surface area contributed by atoms with Crippen LogP contribution >= 0.6 is 15.9 Å². The van der Waals surface area contributed by atoms with Crippen LogP contribution in [0.3, 0.4) is 0 Å². The third-order valence-electron chi connectivity index (χ3n) is 3.53. The van der Waals surface area contributed by atoms with E-state index in [9.17, 15) is 19.0 Å². The van der Waals surface area contributed by atoms with Gasteiger partial charge in [-0.15, -0.1) is 0 Å². The molecule has 2 nitrogen and oxygen atoms in total. The number of halogens is 3. The van der Waals surface area contributed by atoms with E-state index in [4.69, 9.17) is 0 Å². The minimum absolute atomic E-state index is 0.238. The minimum atomic E-state index is -0.985. The summed E-state index contributed by atoms with van der Waals surface area (Å²) in [5.41, 5.74) is 0.254. The van der Waals surface area contributed by atoms with Crippen LogP contribution in [0.1, 0.15) is 11.1 Å².